The lowest BCUT2D eigenvalue weighted by atomic mass is 10.0. The molecule has 0 saturated heterocycles. The predicted octanol–water partition coefficient (Wildman–Crippen LogP) is 3.11. The molecule has 3 rings (SSSR count). The first kappa shape index (κ1) is 13.4. The van der Waals surface area contributed by atoms with E-state index >= 15 is 0 Å². The Kier molecular flexibility index (Phi) is 3.98. The molecule has 0 amide bonds. The number of aromatic amines is 1. The molecule has 4 N–H and O–H groups in total. The smallest absolute Gasteiger partial charge is 0.0604 e. The third-order valence-corrected chi connectivity index (χ3v) is 3.37. The minimum absolute atomic E-state index is 0.599. The van der Waals surface area contributed by atoms with Gasteiger partial charge in [0.05, 0.1) is 11.4 Å². The van der Waals surface area contributed by atoms with Gasteiger partial charge in [-0.05, 0) is 23.3 Å². The average molecular weight is 278 g/mol. The zero-order chi connectivity index (χ0) is 14.5. The molecule has 0 bridgehead atoms. The van der Waals surface area contributed by atoms with Gasteiger partial charge in [0.25, 0.3) is 0 Å². The summed E-state index contributed by atoms with van der Waals surface area (Å²) in [4.78, 5) is 7.47. The zero-order valence-electron chi connectivity index (χ0n) is 11.7. The van der Waals surface area contributed by atoms with Crippen LogP contribution in [0.4, 0.5) is 5.69 Å². The first-order valence-corrected chi connectivity index (χ1v) is 7.01. The van der Waals surface area contributed by atoms with Crippen LogP contribution in [0.15, 0.2) is 61.1 Å². The lowest BCUT2D eigenvalue weighted by Crippen LogP contribution is -2.13. The second-order valence-corrected chi connectivity index (χ2v) is 4.77. The fourth-order valence-corrected chi connectivity index (χ4v) is 2.42. The van der Waals surface area contributed by atoms with Crippen molar-refractivity contribution in [1.82, 2.24) is 9.97 Å². The van der Waals surface area contributed by atoms with Crippen molar-refractivity contribution in [2.45, 2.75) is 0 Å². The molecule has 0 fully saturated rings. The number of anilines is 1. The van der Waals surface area contributed by atoms with E-state index in [-0.39, 0.29) is 0 Å². The van der Waals surface area contributed by atoms with Crippen molar-refractivity contribution in [2.24, 2.45) is 5.73 Å². The van der Waals surface area contributed by atoms with Gasteiger partial charge in [0.1, 0.15) is 0 Å². The van der Waals surface area contributed by atoms with E-state index in [0.717, 1.165) is 34.6 Å². The summed E-state index contributed by atoms with van der Waals surface area (Å²) < 4.78 is 0. The molecular weight excluding hydrogens is 260 g/mol. The Morgan fingerprint density at radius 3 is 2.48 bits per heavy atom. The van der Waals surface area contributed by atoms with Crippen LogP contribution in [0.25, 0.3) is 22.4 Å². The van der Waals surface area contributed by atoms with E-state index in [2.05, 4.69) is 27.4 Å². The molecule has 4 nitrogen and oxygen atoms in total. The van der Waals surface area contributed by atoms with E-state index in [9.17, 15) is 0 Å². The van der Waals surface area contributed by atoms with Crippen molar-refractivity contribution < 1.29 is 0 Å². The number of benzene rings is 1. The van der Waals surface area contributed by atoms with Gasteiger partial charge >= 0.3 is 0 Å². The molecule has 3 aromatic rings. The van der Waals surface area contributed by atoms with Gasteiger partial charge < -0.3 is 16.0 Å². The van der Waals surface area contributed by atoms with E-state index < -0.39 is 0 Å². The summed E-state index contributed by atoms with van der Waals surface area (Å²) in [5, 5.41) is 3.37. The summed E-state index contributed by atoms with van der Waals surface area (Å²) in [5.41, 5.74) is 11.2. The van der Waals surface area contributed by atoms with Gasteiger partial charge in [0.15, 0.2) is 0 Å². The van der Waals surface area contributed by atoms with Crippen molar-refractivity contribution in [1.29, 1.82) is 0 Å². The number of nitrogens with two attached hydrogens (primary N) is 1. The Bertz CT molecular complexity index is 689. The highest BCUT2D eigenvalue weighted by molar-refractivity contribution is 5.90. The lowest BCUT2D eigenvalue weighted by molar-refractivity contribution is 1.03. The number of hydrogen-bond acceptors (Lipinski definition) is 3. The normalized spacial score (nSPS) is 10.5. The van der Waals surface area contributed by atoms with E-state index in [0.29, 0.717) is 6.54 Å². The van der Waals surface area contributed by atoms with Crippen LogP contribution in [0.5, 0.6) is 0 Å². The lowest BCUT2D eigenvalue weighted by Gasteiger charge is -2.09. The predicted molar refractivity (Wildman–Crippen MR) is 87.0 cm³/mol. The minimum atomic E-state index is 0.599. The summed E-state index contributed by atoms with van der Waals surface area (Å²) in [6.45, 7) is 1.34. The van der Waals surface area contributed by atoms with Crippen LogP contribution >= 0.6 is 0 Å². The van der Waals surface area contributed by atoms with Crippen LogP contribution < -0.4 is 11.1 Å². The van der Waals surface area contributed by atoms with Gasteiger partial charge in [-0.25, -0.2) is 0 Å². The molecule has 0 radical (unpaired) electrons. The second-order valence-electron chi connectivity index (χ2n) is 4.77. The second kappa shape index (κ2) is 6.24. The molecule has 0 saturated carbocycles. The van der Waals surface area contributed by atoms with Gasteiger partial charge in [0, 0.05) is 37.2 Å². The molecule has 0 atom stereocenters. The van der Waals surface area contributed by atoms with Crippen molar-refractivity contribution in [3.8, 4) is 22.4 Å². The quantitative estimate of drug-likeness (QED) is 0.671. The maximum atomic E-state index is 5.60. The van der Waals surface area contributed by atoms with Crippen molar-refractivity contribution in [3.05, 3.63) is 61.1 Å². The van der Waals surface area contributed by atoms with E-state index in [4.69, 9.17) is 5.73 Å². The van der Waals surface area contributed by atoms with E-state index in [1.165, 1.54) is 0 Å². The first-order valence-electron chi connectivity index (χ1n) is 7.01. The molecule has 2 heterocycles. The Morgan fingerprint density at radius 2 is 1.76 bits per heavy atom. The summed E-state index contributed by atoms with van der Waals surface area (Å²) >= 11 is 0. The van der Waals surface area contributed by atoms with Gasteiger partial charge in [-0.15, -0.1) is 0 Å². The Morgan fingerprint density at radius 1 is 1.00 bits per heavy atom. The number of nitrogens with one attached hydrogen (secondary N) is 2. The fourth-order valence-electron chi connectivity index (χ4n) is 2.42. The highest BCUT2D eigenvalue weighted by Crippen LogP contribution is 2.37. The number of pyridine rings is 1. The molecule has 2 aromatic heterocycles. The largest absolute Gasteiger partial charge is 0.382 e. The molecule has 0 aliphatic carbocycles. The van der Waals surface area contributed by atoms with Gasteiger partial charge in [-0.2, -0.15) is 0 Å². The maximum absolute atomic E-state index is 5.60. The van der Waals surface area contributed by atoms with Crippen molar-refractivity contribution in [2.75, 3.05) is 18.4 Å². The molecule has 0 aliphatic heterocycles. The topological polar surface area (TPSA) is 66.7 Å². The Labute approximate surface area is 124 Å². The molecule has 4 heteroatoms. The number of nitrogens with zero attached hydrogens (tertiary/aromatic N) is 1. The molecule has 106 valence electrons. The molecular formula is C17H18N4. The number of H-pyrrole nitrogens is 1. The maximum Gasteiger partial charge on any atom is 0.0604 e. The highest BCUT2D eigenvalue weighted by Gasteiger charge is 2.14. The van der Waals surface area contributed by atoms with Gasteiger partial charge in [-0.1, -0.05) is 30.3 Å². The summed E-state index contributed by atoms with van der Waals surface area (Å²) in [6.07, 6.45) is 5.61. The first-order chi connectivity index (χ1) is 10.4. The summed E-state index contributed by atoms with van der Waals surface area (Å²) in [5.74, 6) is 0. The number of hydrogen-bond donors (Lipinski definition) is 3. The van der Waals surface area contributed by atoms with E-state index in [1.807, 2.05) is 48.9 Å². The van der Waals surface area contributed by atoms with Crippen LogP contribution in [-0.4, -0.2) is 23.1 Å². The zero-order valence-corrected chi connectivity index (χ0v) is 11.7. The standard InChI is InChI=1S/C17H18N4/c18-8-11-20-15-12-21-17(14-4-2-1-3-5-14)16(15)13-6-9-19-10-7-13/h1-7,9-10,12,20-21H,8,11,18H2. The van der Waals surface area contributed by atoms with E-state index in [1.54, 1.807) is 0 Å². The third-order valence-electron chi connectivity index (χ3n) is 3.37. The highest BCUT2D eigenvalue weighted by atomic mass is 14.9. The average Bonchev–Trinajstić information content (AvgIpc) is 2.98. The molecule has 0 unspecified atom stereocenters. The number of rotatable bonds is 5. The fraction of sp³-hybridized carbons (Fsp3) is 0.118. The third kappa shape index (κ3) is 2.80. The Hall–Kier alpha value is -2.59. The summed E-state index contributed by atoms with van der Waals surface area (Å²) in [7, 11) is 0. The minimum Gasteiger partial charge on any atom is -0.382 e. The Balaban J connectivity index is 2.11. The molecule has 1 aromatic carbocycles. The monoisotopic (exact) mass is 278 g/mol. The van der Waals surface area contributed by atoms with Gasteiger partial charge in [-0.3, -0.25) is 4.98 Å². The number of aromatic nitrogens is 2. The van der Waals surface area contributed by atoms with Crippen LogP contribution in [0.3, 0.4) is 0 Å². The molecule has 0 aliphatic rings. The molecule has 0 spiro atoms. The van der Waals surface area contributed by atoms with Crippen LogP contribution in [0.2, 0.25) is 0 Å². The summed E-state index contributed by atoms with van der Waals surface area (Å²) in [6, 6.07) is 14.3. The van der Waals surface area contributed by atoms with Crippen LogP contribution in [-0.2, 0) is 0 Å². The van der Waals surface area contributed by atoms with Gasteiger partial charge in [0.2, 0.25) is 0 Å². The van der Waals surface area contributed by atoms with Crippen LogP contribution in [0.1, 0.15) is 0 Å². The van der Waals surface area contributed by atoms with Crippen molar-refractivity contribution in [3.63, 3.8) is 0 Å². The molecule has 21 heavy (non-hydrogen) atoms. The van der Waals surface area contributed by atoms with Crippen LogP contribution in [0, 0.1) is 0 Å². The SMILES string of the molecule is NCCNc1c[nH]c(-c2ccccc2)c1-c1ccncc1. The van der Waals surface area contributed by atoms with Crippen molar-refractivity contribution >= 4 is 5.69 Å².